The molecule has 0 aliphatic carbocycles. The molecule has 0 aromatic heterocycles. The lowest BCUT2D eigenvalue weighted by Crippen LogP contribution is -2.45. The SMILES string of the molecule is CCCC1NC(=O)CCN(c2ccc(Br)cc2CC)C1=O. The molecular weight excluding hydrogens is 332 g/mol. The average Bonchev–Trinajstić information content (AvgIpc) is 2.60. The van der Waals surface area contributed by atoms with Gasteiger partial charge in [0.05, 0.1) is 0 Å². The molecule has 1 heterocycles. The topological polar surface area (TPSA) is 49.4 Å². The minimum atomic E-state index is -0.404. The Morgan fingerprint density at radius 2 is 2.10 bits per heavy atom. The minimum Gasteiger partial charge on any atom is -0.344 e. The Balaban J connectivity index is 2.36. The summed E-state index contributed by atoms with van der Waals surface area (Å²) in [6, 6.07) is 5.53. The van der Waals surface area contributed by atoms with Gasteiger partial charge in [-0.3, -0.25) is 9.59 Å². The van der Waals surface area contributed by atoms with Crippen molar-refractivity contribution < 1.29 is 9.59 Å². The number of hydrogen-bond donors (Lipinski definition) is 1. The molecular formula is C16H21BrN2O2. The Labute approximate surface area is 134 Å². The third-order valence-corrected chi connectivity index (χ3v) is 4.25. The summed E-state index contributed by atoms with van der Waals surface area (Å²) in [4.78, 5) is 26.3. The summed E-state index contributed by atoms with van der Waals surface area (Å²) in [7, 11) is 0. The third kappa shape index (κ3) is 3.64. The molecule has 2 amide bonds. The van der Waals surface area contributed by atoms with Crippen LogP contribution in [0.15, 0.2) is 22.7 Å². The summed E-state index contributed by atoms with van der Waals surface area (Å²) in [6.45, 7) is 4.53. The molecule has 1 aromatic carbocycles. The largest absolute Gasteiger partial charge is 0.344 e. The van der Waals surface area contributed by atoms with Crippen molar-refractivity contribution in [1.29, 1.82) is 0 Å². The van der Waals surface area contributed by atoms with Crippen molar-refractivity contribution in [2.45, 2.75) is 45.6 Å². The van der Waals surface area contributed by atoms with Gasteiger partial charge in [0, 0.05) is 23.1 Å². The Morgan fingerprint density at radius 1 is 1.33 bits per heavy atom. The second-order valence-corrected chi connectivity index (χ2v) is 6.19. The number of hydrogen-bond acceptors (Lipinski definition) is 2. The quantitative estimate of drug-likeness (QED) is 0.905. The molecule has 2 rings (SSSR count). The first-order valence-corrected chi connectivity index (χ1v) is 8.25. The molecule has 4 nitrogen and oxygen atoms in total. The summed E-state index contributed by atoms with van der Waals surface area (Å²) in [6.07, 6.45) is 2.74. The maximum absolute atomic E-state index is 12.7. The van der Waals surface area contributed by atoms with Crippen molar-refractivity contribution in [2.75, 3.05) is 11.4 Å². The van der Waals surface area contributed by atoms with Crippen molar-refractivity contribution in [1.82, 2.24) is 5.32 Å². The zero-order valence-corrected chi connectivity index (χ0v) is 14.1. The zero-order valence-electron chi connectivity index (χ0n) is 12.5. The third-order valence-electron chi connectivity index (χ3n) is 3.75. The molecule has 1 unspecified atom stereocenters. The van der Waals surface area contributed by atoms with Crippen LogP contribution in [0.25, 0.3) is 0 Å². The summed E-state index contributed by atoms with van der Waals surface area (Å²) < 4.78 is 1.00. The molecule has 1 saturated heterocycles. The van der Waals surface area contributed by atoms with Gasteiger partial charge in [-0.15, -0.1) is 0 Å². The first kappa shape index (κ1) is 16.0. The predicted molar refractivity (Wildman–Crippen MR) is 87.3 cm³/mol. The van der Waals surface area contributed by atoms with Crippen molar-refractivity contribution >= 4 is 33.4 Å². The number of anilines is 1. The van der Waals surface area contributed by atoms with E-state index in [4.69, 9.17) is 0 Å². The van der Waals surface area contributed by atoms with E-state index < -0.39 is 6.04 Å². The fourth-order valence-electron chi connectivity index (χ4n) is 2.66. The van der Waals surface area contributed by atoms with E-state index in [1.54, 1.807) is 4.90 Å². The van der Waals surface area contributed by atoms with E-state index in [0.717, 1.165) is 28.6 Å². The molecule has 1 aliphatic rings. The fraction of sp³-hybridized carbons (Fsp3) is 0.500. The van der Waals surface area contributed by atoms with Gasteiger partial charge in [-0.1, -0.05) is 36.2 Å². The molecule has 0 radical (unpaired) electrons. The number of carbonyl (C=O) groups excluding carboxylic acids is 2. The Bertz CT molecular complexity index is 545. The maximum Gasteiger partial charge on any atom is 0.249 e. The van der Waals surface area contributed by atoms with E-state index in [1.807, 2.05) is 25.1 Å². The van der Waals surface area contributed by atoms with E-state index in [2.05, 4.69) is 28.2 Å². The van der Waals surface area contributed by atoms with Gasteiger partial charge in [-0.05, 0) is 36.6 Å². The molecule has 1 fully saturated rings. The summed E-state index contributed by atoms with van der Waals surface area (Å²) >= 11 is 3.47. The molecule has 1 aromatic rings. The van der Waals surface area contributed by atoms with E-state index in [0.29, 0.717) is 19.4 Å². The van der Waals surface area contributed by atoms with Gasteiger partial charge in [0.1, 0.15) is 6.04 Å². The Morgan fingerprint density at radius 3 is 2.76 bits per heavy atom. The molecule has 5 heteroatoms. The Hall–Kier alpha value is -1.36. The van der Waals surface area contributed by atoms with Gasteiger partial charge in [0.2, 0.25) is 11.8 Å². The predicted octanol–water partition coefficient (Wildman–Crippen LogP) is 3.03. The highest BCUT2D eigenvalue weighted by atomic mass is 79.9. The highest BCUT2D eigenvalue weighted by Gasteiger charge is 2.30. The number of nitrogens with one attached hydrogen (secondary N) is 1. The molecule has 0 saturated carbocycles. The molecule has 0 bridgehead atoms. The van der Waals surface area contributed by atoms with Crippen molar-refractivity contribution in [2.24, 2.45) is 0 Å². The lowest BCUT2D eigenvalue weighted by Gasteiger charge is -2.26. The van der Waals surface area contributed by atoms with E-state index >= 15 is 0 Å². The zero-order chi connectivity index (χ0) is 15.4. The van der Waals surface area contributed by atoms with Gasteiger partial charge >= 0.3 is 0 Å². The number of benzene rings is 1. The Kier molecular flexibility index (Phi) is 5.39. The molecule has 1 N–H and O–H groups in total. The van der Waals surface area contributed by atoms with Gasteiger partial charge < -0.3 is 10.2 Å². The first-order chi connectivity index (χ1) is 10.1. The van der Waals surface area contributed by atoms with Crippen molar-refractivity contribution in [3.63, 3.8) is 0 Å². The molecule has 1 aliphatic heterocycles. The number of carbonyl (C=O) groups is 2. The summed E-state index contributed by atoms with van der Waals surface area (Å²) in [5.41, 5.74) is 2.03. The van der Waals surface area contributed by atoms with Crippen LogP contribution < -0.4 is 10.2 Å². The van der Waals surface area contributed by atoms with Crippen LogP contribution in [0, 0.1) is 0 Å². The molecule has 0 spiro atoms. The van der Waals surface area contributed by atoms with Gasteiger partial charge in [-0.25, -0.2) is 0 Å². The van der Waals surface area contributed by atoms with Gasteiger partial charge in [0.25, 0.3) is 0 Å². The minimum absolute atomic E-state index is 0.000257. The van der Waals surface area contributed by atoms with E-state index in [-0.39, 0.29) is 11.8 Å². The first-order valence-electron chi connectivity index (χ1n) is 7.46. The average molecular weight is 353 g/mol. The smallest absolute Gasteiger partial charge is 0.249 e. The fourth-order valence-corrected chi connectivity index (χ4v) is 3.07. The number of amides is 2. The lowest BCUT2D eigenvalue weighted by molar-refractivity contribution is -0.125. The summed E-state index contributed by atoms with van der Waals surface area (Å²) in [5, 5.41) is 2.84. The number of halogens is 1. The van der Waals surface area contributed by atoms with Crippen LogP contribution in [0.4, 0.5) is 5.69 Å². The van der Waals surface area contributed by atoms with Crippen LogP contribution in [0.1, 0.15) is 38.7 Å². The van der Waals surface area contributed by atoms with Gasteiger partial charge in [-0.2, -0.15) is 0 Å². The van der Waals surface area contributed by atoms with Crippen LogP contribution in [-0.2, 0) is 16.0 Å². The van der Waals surface area contributed by atoms with Crippen molar-refractivity contribution in [3.05, 3.63) is 28.2 Å². The standard InChI is InChI=1S/C16H21BrN2O2/c1-3-5-13-16(21)19(9-8-15(20)18-13)14-7-6-12(17)10-11(14)4-2/h6-7,10,13H,3-5,8-9H2,1-2H3,(H,18,20). The molecule has 114 valence electrons. The second kappa shape index (κ2) is 7.07. The second-order valence-electron chi connectivity index (χ2n) is 5.28. The maximum atomic E-state index is 12.7. The van der Waals surface area contributed by atoms with Crippen LogP contribution in [0.2, 0.25) is 0 Å². The summed E-state index contributed by atoms with van der Waals surface area (Å²) in [5.74, 6) is -0.0424. The van der Waals surface area contributed by atoms with Crippen LogP contribution in [-0.4, -0.2) is 24.4 Å². The van der Waals surface area contributed by atoms with Gasteiger partial charge in [0.15, 0.2) is 0 Å². The number of nitrogens with zero attached hydrogens (tertiary/aromatic N) is 1. The normalized spacial score (nSPS) is 19.4. The van der Waals surface area contributed by atoms with Crippen LogP contribution >= 0.6 is 15.9 Å². The van der Waals surface area contributed by atoms with Crippen LogP contribution in [0.5, 0.6) is 0 Å². The highest BCUT2D eigenvalue weighted by molar-refractivity contribution is 9.10. The lowest BCUT2D eigenvalue weighted by atomic mass is 10.1. The van der Waals surface area contributed by atoms with Crippen LogP contribution in [0.3, 0.4) is 0 Å². The monoisotopic (exact) mass is 352 g/mol. The number of rotatable bonds is 4. The molecule has 1 atom stereocenters. The van der Waals surface area contributed by atoms with E-state index in [9.17, 15) is 9.59 Å². The van der Waals surface area contributed by atoms with E-state index in [1.165, 1.54) is 0 Å². The highest BCUT2D eigenvalue weighted by Crippen LogP contribution is 2.27. The number of aryl methyl sites for hydroxylation is 1. The van der Waals surface area contributed by atoms with Crippen molar-refractivity contribution in [3.8, 4) is 0 Å². The molecule has 21 heavy (non-hydrogen) atoms.